The van der Waals surface area contributed by atoms with Crippen molar-refractivity contribution in [2.24, 2.45) is 0 Å². The van der Waals surface area contributed by atoms with Gasteiger partial charge < -0.3 is 48.3 Å². The summed E-state index contributed by atoms with van der Waals surface area (Å²) in [6.07, 6.45) is 8.14. The quantitative estimate of drug-likeness (QED) is 0.112. The maximum atomic E-state index is 9.55. The van der Waals surface area contributed by atoms with Crippen LogP contribution in [0.1, 0.15) is 82.8 Å². The molecule has 5 heterocycles. The topological polar surface area (TPSA) is 149 Å². The number of carboxylic acid groups (broad SMARTS) is 2. The van der Waals surface area contributed by atoms with Crippen LogP contribution in [0.2, 0.25) is 5.02 Å². The predicted molar refractivity (Wildman–Crippen MR) is 303 cm³/mol. The van der Waals surface area contributed by atoms with Crippen LogP contribution in [0.15, 0.2) is 127 Å². The molecule has 78 heavy (non-hydrogen) atoms. The van der Waals surface area contributed by atoms with Gasteiger partial charge in [0.25, 0.3) is 0 Å². The lowest BCUT2D eigenvalue weighted by molar-refractivity contribution is -0.134. The molecule has 0 saturated carbocycles. The van der Waals surface area contributed by atoms with Crippen LogP contribution in [0.3, 0.4) is 0 Å². The Labute approximate surface area is 463 Å². The lowest BCUT2D eigenvalue weighted by Crippen LogP contribution is -2.34. The second-order valence-electron chi connectivity index (χ2n) is 20.3. The van der Waals surface area contributed by atoms with Gasteiger partial charge in [0.15, 0.2) is 34.5 Å². The summed E-state index contributed by atoms with van der Waals surface area (Å²) < 4.78 is 43.6. The van der Waals surface area contributed by atoms with E-state index in [0.29, 0.717) is 58.4 Å². The minimum atomic E-state index is -1.26. The Kier molecular flexibility index (Phi) is 19.1. The summed E-state index contributed by atoms with van der Waals surface area (Å²) in [4.78, 5) is 26.4. The molecule has 5 aliphatic rings. The fourth-order valence-electron chi connectivity index (χ4n) is 11.0. The van der Waals surface area contributed by atoms with Crippen LogP contribution >= 0.6 is 11.6 Å². The van der Waals surface area contributed by atoms with Crippen LogP contribution in [-0.4, -0.2) is 119 Å². The van der Waals surface area contributed by atoms with E-state index in [4.69, 9.17) is 55.0 Å². The lowest BCUT2D eigenvalue weighted by atomic mass is 9.87. The average molecular weight is 1080 g/mol. The SMILES string of the molecule is CN1CCCC1CCOC(C)(c1ccccc1)c1ccc(Cl)cc1.COc1ccc2cc1Oc1ccc(cc1)CC1c3cc(c(OC)cc3CCN1C)Oc1c(OC)c(OC)cc3c1C(C2)N(C)CC3.O=C(O)C=CC(=O)O. The van der Waals surface area contributed by atoms with Crippen molar-refractivity contribution in [1.29, 1.82) is 0 Å². The van der Waals surface area contributed by atoms with E-state index in [2.05, 4.69) is 122 Å². The summed E-state index contributed by atoms with van der Waals surface area (Å²) in [6.45, 7) is 5.98. The molecule has 1 saturated heterocycles. The Bertz CT molecular complexity index is 3030. The highest BCUT2D eigenvalue weighted by Crippen LogP contribution is 2.52. The number of rotatable bonds is 12. The molecule has 412 valence electrons. The molecule has 6 bridgehead atoms. The van der Waals surface area contributed by atoms with Gasteiger partial charge in [-0.3, -0.25) is 9.80 Å². The first-order valence-electron chi connectivity index (χ1n) is 26.4. The molecular weight excluding hydrogens is 1010 g/mol. The van der Waals surface area contributed by atoms with Gasteiger partial charge in [-0.15, -0.1) is 0 Å². The van der Waals surface area contributed by atoms with Gasteiger partial charge in [-0.1, -0.05) is 72.3 Å². The Morgan fingerprint density at radius 1 is 0.654 bits per heavy atom. The van der Waals surface area contributed by atoms with Gasteiger partial charge in [0, 0.05) is 60.6 Å². The van der Waals surface area contributed by atoms with Gasteiger partial charge >= 0.3 is 11.9 Å². The van der Waals surface area contributed by atoms with Crippen molar-refractivity contribution >= 4 is 23.5 Å². The number of likely N-dealkylation sites (N-methyl/N-ethyl adjacent to an activating group) is 2. The van der Waals surface area contributed by atoms with Crippen molar-refractivity contribution in [3.05, 3.63) is 177 Å². The molecule has 4 unspecified atom stereocenters. The number of halogens is 1. The summed E-state index contributed by atoms with van der Waals surface area (Å²) in [5, 5.41) is 16.4. The maximum Gasteiger partial charge on any atom is 0.328 e. The minimum absolute atomic E-state index is 0.000437. The smallest absolute Gasteiger partial charge is 0.328 e. The van der Waals surface area contributed by atoms with E-state index < -0.39 is 17.5 Å². The van der Waals surface area contributed by atoms with Crippen LogP contribution in [0.25, 0.3) is 0 Å². The lowest BCUT2D eigenvalue weighted by Gasteiger charge is -2.37. The number of benzene rings is 6. The summed E-state index contributed by atoms with van der Waals surface area (Å²) in [6, 6.07) is 40.3. The Morgan fingerprint density at radius 2 is 1.26 bits per heavy atom. The molecule has 0 radical (unpaired) electrons. The highest BCUT2D eigenvalue weighted by Gasteiger charge is 2.35. The van der Waals surface area contributed by atoms with E-state index in [1.165, 1.54) is 47.2 Å². The second-order valence-corrected chi connectivity index (χ2v) is 20.7. The number of carboxylic acids is 2. The monoisotopic (exact) mass is 1080 g/mol. The van der Waals surface area contributed by atoms with Crippen molar-refractivity contribution in [3.8, 4) is 46.0 Å². The zero-order chi connectivity index (χ0) is 55.5. The molecule has 0 amide bonds. The van der Waals surface area contributed by atoms with E-state index in [9.17, 15) is 9.59 Å². The normalized spacial score (nSPS) is 18.7. The summed E-state index contributed by atoms with van der Waals surface area (Å²) in [5.74, 6) is 2.90. The van der Waals surface area contributed by atoms with Crippen molar-refractivity contribution in [2.75, 3.05) is 75.8 Å². The fourth-order valence-corrected chi connectivity index (χ4v) is 11.1. The van der Waals surface area contributed by atoms with E-state index in [1.807, 2.05) is 36.4 Å². The van der Waals surface area contributed by atoms with E-state index in [0.717, 1.165) is 79.3 Å². The molecule has 2 N–H and O–H groups in total. The molecule has 11 rings (SSSR count). The van der Waals surface area contributed by atoms with Gasteiger partial charge in [-0.25, -0.2) is 9.59 Å². The number of aliphatic carboxylic acids is 2. The Morgan fingerprint density at radius 3 is 1.88 bits per heavy atom. The molecule has 4 atom stereocenters. The standard InChI is InChI=1S/C38H42N2O6.C21H26ClNO.C4H4O4/c1-39-15-13-25-20-32(42-4)34-22-28(25)29(39)17-23-7-10-27(11-8-23)45-33-19-24(9-12-31(33)41-3)18-30-36-26(14-16-40(30)2)21-35(43-5)37(44-6)38(36)46-34;1-21(17-7-4-3-5-8-17,18-10-12-19(22)13-11-18)24-16-14-20-9-6-15-23(20)2;5-3(6)1-2-4(7)8/h7-12,19-22,29-30H,13-18H2,1-6H3;3-5,7-8,10-13,20H,6,9,14-16H2,1-2H3;1-2H,(H,5,6)(H,7,8). The molecule has 5 aliphatic heterocycles. The highest BCUT2D eigenvalue weighted by atomic mass is 35.5. The van der Waals surface area contributed by atoms with Crippen LogP contribution < -0.4 is 28.4 Å². The zero-order valence-corrected chi connectivity index (χ0v) is 46.7. The maximum absolute atomic E-state index is 9.55. The summed E-state index contributed by atoms with van der Waals surface area (Å²) >= 11 is 6.07. The van der Waals surface area contributed by atoms with Gasteiger partial charge in [-0.2, -0.15) is 0 Å². The predicted octanol–water partition coefficient (Wildman–Crippen LogP) is 12.0. The van der Waals surface area contributed by atoms with Crippen LogP contribution in [-0.2, 0) is 45.6 Å². The fraction of sp³-hybridized carbons (Fsp3) is 0.365. The number of ether oxygens (including phenoxy) is 7. The molecule has 6 aromatic carbocycles. The number of nitrogens with zero attached hydrogens (tertiary/aromatic N) is 3. The number of methoxy groups -OCH3 is 4. The minimum Gasteiger partial charge on any atom is -0.493 e. The highest BCUT2D eigenvalue weighted by molar-refractivity contribution is 6.30. The molecule has 14 nitrogen and oxygen atoms in total. The van der Waals surface area contributed by atoms with Gasteiger partial charge in [-0.05, 0) is 173 Å². The first-order chi connectivity index (χ1) is 37.6. The summed E-state index contributed by atoms with van der Waals surface area (Å²) in [5.41, 5.74) is 9.01. The number of hydrogen-bond donors (Lipinski definition) is 2. The van der Waals surface area contributed by atoms with E-state index in [-0.39, 0.29) is 12.1 Å². The van der Waals surface area contributed by atoms with E-state index in [1.54, 1.807) is 28.4 Å². The molecule has 0 aromatic heterocycles. The van der Waals surface area contributed by atoms with Crippen molar-refractivity contribution in [3.63, 3.8) is 0 Å². The molecule has 0 spiro atoms. The molecule has 15 heteroatoms. The number of likely N-dealkylation sites (tertiary alicyclic amines) is 1. The second kappa shape index (κ2) is 26.1. The third kappa shape index (κ3) is 13.4. The van der Waals surface area contributed by atoms with Gasteiger partial charge in [0.05, 0.1) is 28.4 Å². The number of hydrogen-bond acceptors (Lipinski definition) is 12. The summed E-state index contributed by atoms with van der Waals surface area (Å²) in [7, 11) is 13.3. The average Bonchev–Trinajstić information content (AvgIpc) is 3.91. The zero-order valence-electron chi connectivity index (χ0n) is 45.9. The van der Waals surface area contributed by atoms with Crippen molar-refractivity contribution < 1.29 is 53.0 Å². The van der Waals surface area contributed by atoms with Crippen LogP contribution in [0.4, 0.5) is 0 Å². The molecular formula is C63H72ClN3O11. The number of carbonyl (C=O) groups is 2. The van der Waals surface area contributed by atoms with Crippen molar-refractivity contribution in [1.82, 2.24) is 14.7 Å². The van der Waals surface area contributed by atoms with Crippen LogP contribution in [0.5, 0.6) is 46.0 Å². The number of fused-ring (bicyclic) bond motifs is 2. The van der Waals surface area contributed by atoms with E-state index >= 15 is 0 Å². The first kappa shape index (κ1) is 57.1. The molecule has 0 aliphatic carbocycles. The first-order valence-corrected chi connectivity index (χ1v) is 26.8. The van der Waals surface area contributed by atoms with Gasteiger partial charge in [0.1, 0.15) is 11.4 Å². The third-order valence-electron chi connectivity index (χ3n) is 15.5. The molecule has 1 fully saturated rings. The third-order valence-corrected chi connectivity index (χ3v) is 15.7. The Balaban J connectivity index is 0.000000208. The molecule has 6 aromatic rings. The van der Waals surface area contributed by atoms with Crippen LogP contribution in [0, 0.1) is 0 Å². The van der Waals surface area contributed by atoms with Crippen molar-refractivity contribution in [2.45, 2.75) is 75.6 Å². The largest absolute Gasteiger partial charge is 0.493 e. The Hall–Kier alpha value is -7.07. The van der Waals surface area contributed by atoms with Gasteiger partial charge in [0.2, 0.25) is 5.75 Å².